The molecule has 6 rings (SSSR count). The Hall–Kier alpha value is -4.49. The molecule has 0 fully saturated rings. The van der Waals surface area contributed by atoms with Crippen LogP contribution in [0.25, 0.3) is 22.7 Å². The van der Waals surface area contributed by atoms with E-state index in [0.717, 1.165) is 48.5 Å². The Labute approximate surface area is 297 Å². The largest absolute Gasteiger partial charge is 0.506 e. The molecular weight excluding hydrogens is 678 g/mol. The Kier molecular flexibility index (Phi) is 10.2. The fraction of sp³-hybridized carbons (Fsp3) is 0.222. The Morgan fingerprint density at radius 1 is 0.980 bits per heavy atom. The number of anilines is 1. The number of phenolic OH excluding ortho intramolecular Hbond substituents is 1. The van der Waals surface area contributed by atoms with E-state index < -0.39 is 6.03 Å². The number of aliphatic hydroxyl groups excluding tert-OH is 1. The van der Waals surface area contributed by atoms with Crippen LogP contribution in [0.3, 0.4) is 0 Å². The van der Waals surface area contributed by atoms with Gasteiger partial charge in [-0.2, -0.15) is 5.10 Å². The van der Waals surface area contributed by atoms with Gasteiger partial charge in [-0.25, -0.2) is 9.48 Å². The fourth-order valence-corrected chi connectivity index (χ4v) is 7.04. The molecule has 3 aromatic heterocycles. The van der Waals surface area contributed by atoms with Crippen LogP contribution < -0.4 is 10.6 Å². The van der Waals surface area contributed by atoms with E-state index in [-0.39, 0.29) is 29.3 Å². The number of halogens is 1. The van der Waals surface area contributed by atoms with Gasteiger partial charge in [0.05, 0.1) is 23.0 Å². The highest BCUT2D eigenvalue weighted by Gasteiger charge is 2.22. The first kappa shape index (κ1) is 34.4. The summed E-state index contributed by atoms with van der Waals surface area (Å²) in [4.78, 5) is 16.3. The number of aliphatic hydroxyl groups is 1. The van der Waals surface area contributed by atoms with Crippen molar-refractivity contribution in [3.05, 3.63) is 107 Å². The van der Waals surface area contributed by atoms with E-state index in [4.69, 9.17) is 16.7 Å². The van der Waals surface area contributed by atoms with Crippen LogP contribution in [-0.2, 0) is 12.0 Å². The molecule has 0 bridgehead atoms. The number of hydrogen-bond acceptors (Lipinski definition) is 8. The third kappa shape index (κ3) is 7.88. The van der Waals surface area contributed by atoms with Gasteiger partial charge in [-0.15, -0.1) is 22.0 Å². The number of rotatable bonds is 10. The molecule has 6 aromatic rings. The third-order valence-electron chi connectivity index (χ3n) is 7.63. The minimum Gasteiger partial charge on any atom is -0.506 e. The summed E-state index contributed by atoms with van der Waals surface area (Å²) < 4.78 is 3.59. The lowest BCUT2D eigenvalue weighted by Crippen LogP contribution is -2.29. The minimum atomic E-state index is -0.391. The van der Waals surface area contributed by atoms with Crippen molar-refractivity contribution in [2.75, 3.05) is 17.7 Å². The Bertz CT molecular complexity index is 2140. The molecule has 0 saturated heterocycles. The van der Waals surface area contributed by atoms with Crippen LogP contribution in [0, 0.1) is 6.92 Å². The number of pyridine rings is 1. The molecule has 3 aromatic carbocycles. The number of aromatic hydroxyl groups is 1. The summed E-state index contributed by atoms with van der Waals surface area (Å²) in [5.41, 5.74) is 4.83. The molecular formula is C36H36ClN7O3S2. The van der Waals surface area contributed by atoms with Gasteiger partial charge in [0, 0.05) is 50.2 Å². The van der Waals surface area contributed by atoms with E-state index in [1.807, 2.05) is 80.8 Å². The molecule has 0 saturated carbocycles. The van der Waals surface area contributed by atoms with Crippen LogP contribution in [0.4, 0.5) is 10.6 Å². The van der Waals surface area contributed by atoms with Gasteiger partial charge in [-0.05, 0) is 55.0 Å². The van der Waals surface area contributed by atoms with Gasteiger partial charge in [0.1, 0.15) is 11.6 Å². The van der Waals surface area contributed by atoms with Gasteiger partial charge < -0.3 is 15.5 Å². The molecule has 0 aliphatic rings. The van der Waals surface area contributed by atoms with Crippen molar-refractivity contribution in [1.29, 1.82) is 0 Å². The average Bonchev–Trinajstić information content (AvgIpc) is 3.70. The lowest BCUT2D eigenvalue weighted by molar-refractivity contribution is 0.251. The highest BCUT2D eigenvalue weighted by molar-refractivity contribution is 7.99. The van der Waals surface area contributed by atoms with Crippen molar-refractivity contribution in [3.8, 4) is 22.8 Å². The molecule has 3 heterocycles. The number of amides is 2. The number of carbonyl (C=O) groups is 1. The second-order valence-corrected chi connectivity index (χ2v) is 15.1. The second kappa shape index (κ2) is 14.6. The number of hydrogen-bond donors (Lipinski definition) is 4. The summed E-state index contributed by atoms with van der Waals surface area (Å²) in [5, 5.41) is 39.1. The van der Waals surface area contributed by atoms with Crippen molar-refractivity contribution in [2.24, 2.45) is 0 Å². The average molecular weight is 714 g/mol. The van der Waals surface area contributed by atoms with Crippen LogP contribution in [0.1, 0.15) is 37.6 Å². The summed E-state index contributed by atoms with van der Waals surface area (Å²) in [5.74, 6) is 1.75. The maximum atomic E-state index is 13.3. The number of benzene rings is 3. The predicted octanol–water partition coefficient (Wildman–Crippen LogP) is 8.10. The minimum absolute atomic E-state index is 0.0339. The van der Waals surface area contributed by atoms with E-state index in [1.54, 1.807) is 40.3 Å². The van der Waals surface area contributed by atoms with Crippen molar-refractivity contribution < 1.29 is 15.0 Å². The van der Waals surface area contributed by atoms with Crippen molar-refractivity contribution in [1.82, 2.24) is 29.7 Å². The Morgan fingerprint density at radius 2 is 1.80 bits per heavy atom. The maximum Gasteiger partial charge on any atom is 0.320 e. The van der Waals surface area contributed by atoms with Crippen LogP contribution >= 0.6 is 35.1 Å². The van der Waals surface area contributed by atoms with E-state index in [9.17, 15) is 15.0 Å². The normalized spacial score (nSPS) is 11.6. The number of thioether (sulfide) groups is 1. The quantitative estimate of drug-likeness (QED) is 0.105. The van der Waals surface area contributed by atoms with Gasteiger partial charge in [0.15, 0.2) is 11.5 Å². The summed E-state index contributed by atoms with van der Waals surface area (Å²) in [6.07, 6.45) is 2.02. The number of aryl methyl sites for hydroxylation is 1. The summed E-state index contributed by atoms with van der Waals surface area (Å²) >= 11 is 9.37. The Balaban J connectivity index is 1.22. The zero-order chi connectivity index (χ0) is 34.7. The van der Waals surface area contributed by atoms with Crippen molar-refractivity contribution in [3.63, 3.8) is 0 Å². The zero-order valence-electron chi connectivity index (χ0n) is 27.4. The van der Waals surface area contributed by atoms with Crippen LogP contribution in [0.5, 0.6) is 5.75 Å². The van der Waals surface area contributed by atoms with Gasteiger partial charge in [0.25, 0.3) is 0 Å². The monoisotopic (exact) mass is 713 g/mol. The van der Waals surface area contributed by atoms with E-state index in [0.29, 0.717) is 17.3 Å². The first-order valence-electron chi connectivity index (χ1n) is 15.6. The van der Waals surface area contributed by atoms with Crippen LogP contribution in [0.15, 0.2) is 99.7 Å². The molecule has 0 aliphatic heterocycles. The summed E-state index contributed by atoms with van der Waals surface area (Å²) in [6, 6.07) is 24.4. The van der Waals surface area contributed by atoms with Gasteiger partial charge in [-0.3, -0.25) is 9.72 Å². The van der Waals surface area contributed by atoms with E-state index >= 15 is 0 Å². The molecule has 0 aliphatic carbocycles. The van der Waals surface area contributed by atoms with Crippen LogP contribution in [-0.4, -0.2) is 53.0 Å². The van der Waals surface area contributed by atoms with Crippen molar-refractivity contribution in [2.45, 2.75) is 54.3 Å². The van der Waals surface area contributed by atoms with E-state index in [1.165, 1.54) is 6.07 Å². The molecule has 0 spiro atoms. The fourth-order valence-electron chi connectivity index (χ4n) is 5.12. The highest BCUT2D eigenvalue weighted by Crippen LogP contribution is 2.35. The summed E-state index contributed by atoms with van der Waals surface area (Å²) in [6.45, 7) is 8.54. The smallest absolute Gasteiger partial charge is 0.320 e. The highest BCUT2D eigenvalue weighted by atomic mass is 35.5. The standard InChI is InChI=1S/C36H36ClN7O3S2/c1-22-9-13-29(49-25-11-14-32-40-41-34(43(32)21-25)26-7-5-6-8-30(26)48-16-15-45)23(17-22)20-38-35(47)39-33-19-31(36(2,3)4)42-44(33)24-10-12-28(46)27(37)18-24/h5-14,17-19,21,45-46H,15-16,20H2,1-4H3,(H2,38,39,47). The van der Waals surface area contributed by atoms with Crippen molar-refractivity contribution >= 4 is 52.6 Å². The van der Waals surface area contributed by atoms with Gasteiger partial charge in [0.2, 0.25) is 0 Å². The number of nitrogens with one attached hydrogen (secondary N) is 2. The predicted molar refractivity (Wildman–Crippen MR) is 196 cm³/mol. The topological polar surface area (TPSA) is 130 Å². The SMILES string of the molecule is Cc1ccc(Sc2ccc3nnc(-c4ccccc4SCCO)n3c2)c(CNC(=O)Nc2cc(C(C)(C)C)nn2-c2ccc(O)c(Cl)c2)c1. The second-order valence-electron chi connectivity index (χ2n) is 12.4. The lowest BCUT2D eigenvalue weighted by Gasteiger charge is -2.14. The number of urea groups is 1. The summed E-state index contributed by atoms with van der Waals surface area (Å²) in [7, 11) is 0. The lowest BCUT2D eigenvalue weighted by atomic mass is 9.92. The number of carbonyl (C=O) groups excluding carboxylic acids is 1. The van der Waals surface area contributed by atoms with E-state index in [2.05, 4.69) is 39.0 Å². The van der Waals surface area contributed by atoms with Gasteiger partial charge in [-0.1, -0.05) is 80.0 Å². The maximum absolute atomic E-state index is 13.3. The molecule has 49 heavy (non-hydrogen) atoms. The third-order valence-corrected chi connectivity index (χ3v) is 10.1. The number of aromatic nitrogens is 5. The first-order valence-corrected chi connectivity index (χ1v) is 17.8. The molecule has 252 valence electrons. The first-order chi connectivity index (χ1) is 23.5. The number of nitrogens with zero attached hydrogens (tertiary/aromatic N) is 5. The number of phenols is 1. The molecule has 4 N–H and O–H groups in total. The molecule has 0 unspecified atom stereocenters. The van der Waals surface area contributed by atoms with Crippen LogP contribution in [0.2, 0.25) is 5.02 Å². The molecule has 0 radical (unpaired) electrons. The Morgan fingerprint density at radius 3 is 2.57 bits per heavy atom. The van der Waals surface area contributed by atoms with Gasteiger partial charge >= 0.3 is 6.03 Å². The zero-order valence-corrected chi connectivity index (χ0v) is 29.8. The number of fused-ring (bicyclic) bond motifs is 1. The molecule has 0 atom stereocenters. The molecule has 10 nitrogen and oxygen atoms in total. The molecule has 2 amide bonds. The molecule has 13 heteroatoms.